The molecule has 0 aliphatic rings. The van der Waals surface area contributed by atoms with Gasteiger partial charge in [0.15, 0.2) is 0 Å². The number of hydrogen-bond acceptors (Lipinski definition) is 6. The zero-order chi connectivity index (χ0) is 18.5. The molecule has 3 aromatic rings. The number of nitrogens with one attached hydrogen (secondary N) is 2. The Morgan fingerprint density at radius 3 is 2.35 bits per heavy atom. The summed E-state index contributed by atoms with van der Waals surface area (Å²) < 4.78 is 5.37. The summed E-state index contributed by atoms with van der Waals surface area (Å²) in [5.74, 6) is 1.99. The second-order valence-corrected chi connectivity index (χ2v) is 6.11. The minimum Gasteiger partial charge on any atom is -0.495 e. The Hall–Kier alpha value is -3.28. The summed E-state index contributed by atoms with van der Waals surface area (Å²) in [6.07, 6.45) is 0. The standard InChI is InChI=1S/C20H23N5O/c1-14-13-19(22-15-9-11-16(12-10-15)25(2)3)24-20(21-14)23-17-7-5-6-8-18(17)26-4/h5-13H,1-4H3,(H2,21,22,23,24). The lowest BCUT2D eigenvalue weighted by molar-refractivity contribution is 0.417. The van der Waals surface area contributed by atoms with Crippen LogP contribution in [-0.4, -0.2) is 31.2 Å². The Kier molecular flexibility index (Phi) is 5.22. The van der Waals surface area contributed by atoms with E-state index in [0.717, 1.165) is 34.3 Å². The average Bonchev–Trinajstić information content (AvgIpc) is 2.62. The van der Waals surface area contributed by atoms with Crippen molar-refractivity contribution >= 4 is 28.8 Å². The second kappa shape index (κ2) is 7.74. The van der Waals surface area contributed by atoms with Crippen LogP contribution in [0.2, 0.25) is 0 Å². The zero-order valence-corrected chi connectivity index (χ0v) is 15.4. The van der Waals surface area contributed by atoms with Crippen LogP contribution in [0.5, 0.6) is 5.75 Å². The van der Waals surface area contributed by atoms with Crippen molar-refractivity contribution in [3.63, 3.8) is 0 Å². The molecule has 26 heavy (non-hydrogen) atoms. The predicted octanol–water partition coefficient (Wildman–Crippen LogP) is 4.35. The van der Waals surface area contributed by atoms with Crippen molar-refractivity contribution in [2.75, 3.05) is 36.7 Å². The molecule has 0 bridgehead atoms. The van der Waals surface area contributed by atoms with E-state index < -0.39 is 0 Å². The number of nitrogens with zero attached hydrogens (tertiary/aromatic N) is 3. The van der Waals surface area contributed by atoms with Gasteiger partial charge in [-0.1, -0.05) is 12.1 Å². The minimum atomic E-state index is 0.516. The molecule has 0 aliphatic carbocycles. The Morgan fingerprint density at radius 1 is 0.923 bits per heavy atom. The maximum absolute atomic E-state index is 5.37. The lowest BCUT2D eigenvalue weighted by Crippen LogP contribution is -2.08. The van der Waals surface area contributed by atoms with Crippen molar-refractivity contribution in [3.8, 4) is 5.75 Å². The van der Waals surface area contributed by atoms with Crippen molar-refractivity contribution in [2.45, 2.75) is 6.92 Å². The number of hydrogen-bond donors (Lipinski definition) is 2. The van der Waals surface area contributed by atoms with Gasteiger partial charge in [-0.05, 0) is 43.3 Å². The van der Waals surface area contributed by atoms with Gasteiger partial charge in [0.1, 0.15) is 11.6 Å². The van der Waals surface area contributed by atoms with Gasteiger partial charge in [-0.3, -0.25) is 0 Å². The van der Waals surface area contributed by atoms with Crippen LogP contribution in [0.3, 0.4) is 0 Å². The molecule has 0 fully saturated rings. The highest BCUT2D eigenvalue weighted by molar-refractivity contribution is 5.65. The van der Waals surface area contributed by atoms with Crippen molar-refractivity contribution < 1.29 is 4.74 Å². The largest absolute Gasteiger partial charge is 0.495 e. The van der Waals surface area contributed by atoms with Gasteiger partial charge >= 0.3 is 0 Å². The third-order valence-corrected chi connectivity index (χ3v) is 3.86. The van der Waals surface area contributed by atoms with E-state index in [-0.39, 0.29) is 0 Å². The van der Waals surface area contributed by atoms with Crippen LogP contribution in [0.4, 0.5) is 28.8 Å². The zero-order valence-electron chi connectivity index (χ0n) is 15.4. The summed E-state index contributed by atoms with van der Waals surface area (Å²) in [5.41, 5.74) is 3.80. The van der Waals surface area contributed by atoms with Crippen LogP contribution in [0.15, 0.2) is 54.6 Å². The maximum atomic E-state index is 5.37. The van der Waals surface area contributed by atoms with E-state index in [9.17, 15) is 0 Å². The molecule has 0 radical (unpaired) electrons. The monoisotopic (exact) mass is 349 g/mol. The van der Waals surface area contributed by atoms with E-state index in [0.29, 0.717) is 5.95 Å². The summed E-state index contributed by atoms with van der Waals surface area (Å²) in [6, 6.07) is 17.8. The van der Waals surface area contributed by atoms with E-state index in [4.69, 9.17) is 4.74 Å². The van der Waals surface area contributed by atoms with Gasteiger partial charge in [0, 0.05) is 37.2 Å². The smallest absolute Gasteiger partial charge is 0.229 e. The average molecular weight is 349 g/mol. The van der Waals surface area contributed by atoms with Gasteiger partial charge in [-0.25, -0.2) is 4.98 Å². The normalized spacial score (nSPS) is 10.3. The Labute approximate surface area is 153 Å². The first-order valence-electron chi connectivity index (χ1n) is 8.35. The topological polar surface area (TPSA) is 62.3 Å². The number of aryl methyl sites for hydroxylation is 1. The van der Waals surface area contributed by atoms with Gasteiger partial charge in [0.25, 0.3) is 0 Å². The number of methoxy groups -OCH3 is 1. The molecule has 0 spiro atoms. The summed E-state index contributed by atoms with van der Waals surface area (Å²) in [6.45, 7) is 1.94. The number of aromatic nitrogens is 2. The third-order valence-electron chi connectivity index (χ3n) is 3.86. The van der Waals surface area contributed by atoms with Crippen LogP contribution >= 0.6 is 0 Å². The lowest BCUT2D eigenvalue weighted by Gasteiger charge is -2.14. The van der Waals surface area contributed by atoms with E-state index in [1.165, 1.54) is 0 Å². The Bertz CT molecular complexity index is 878. The molecule has 1 aromatic heterocycles. The van der Waals surface area contributed by atoms with Gasteiger partial charge in [0.05, 0.1) is 12.8 Å². The van der Waals surface area contributed by atoms with E-state index in [2.05, 4.69) is 37.6 Å². The predicted molar refractivity (Wildman–Crippen MR) is 107 cm³/mol. The van der Waals surface area contributed by atoms with Crippen molar-refractivity contribution in [3.05, 3.63) is 60.3 Å². The van der Waals surface area contributed by atoms with E-state index in [1.54, 1.807) is 7.11 Å². The van der Waals surface area contributed by atoms with Gasteiger partial charge < -0.3 is 20.3 Å². The van der Waals surface area contributed by atoms with Crippen molar-refractivity contribution in [2.24, 2.45) is 0 Å². The van der Waals surface area contributed by atoms with Crippen LogP contribution in [0, 0.1) is 6.92 Å². The Balaban J connectivity index is 1.81. The first-order valence-corrected chi connectivity index (χ1v) is 8.35. The number of anilines is 5. The molecule has 6 nitrogen and oxygen atoms in total. The molecular weight excluding hydrogens is 326 g/mol. The number of ether oxygens (including phenoxy) is 1. The van der Waals surface area contributed by atoms with Crippen LogP contribution in [-0.2, 0) is 0 Å². The fourth-order valence-electron chi connectivity index (χ4n) is 2.55. The molecule has 2 N–H and O–H groups in total. The SMILES string of the molecule is COc1ccccc1Nc1nc(C)cc(Nc2ccc(N(C)C)cc2)n1. The summed E-state index contributed by atoms with van der Waals surface area (Å²) in [5, 5.41) is 6.55. The molecule has 1 heterocycles. The second-order valence-electron chi connectivity index (χ2n) is 6.11. The first kappa shape index (κ1) is 17.5. The highest BCUT2D eigenvalue weighted by Gasteiger charge is 2.07. The molecule has 0 atom stereocenters. The molecule has 0 amide bonds. The van der Waals surface area contributed by atoms with Gasteiger partial charge in [0.2, 0.25) is 5.95 Å². The summed E-state index contributed by atoms with van der Waals surface area (Å²) in [7, 11) is 5.68. The van der Waals surface area contributed by atoms with Crippen LogP contribution in [0.25, 0.3) is 0 Å². The lowest BCUT2D eigenvalue weighted by atomic mass is 10.2. The van der Waals surface area contributed by atoms with Gasteiger partial charge in [-0.15, -0.1) is 0 Å². The molecular formula is C20H23N5O. The highest BCUT2D eigenvalue weighted by atomic mass is 16.5. The van der Waals surface area contributed by atoms with Crippen LogP contribution < -0.4 is 20.3 Å². The molecule has 3 rings (SSSR count). The van der Waals surface area contributed by atoms with Gasteiger partial charge in [-0.2, -0.15) is 4.98 Å². The summed E-state index contributed by atoms with van der Waals surface area (Å²) >= 11 is 0. The molecule has 134 valence electrons. The van der Waals surface area contributed by atoms with E-state index >= 15 is 0 Å². The summed E-state index contributed by atoms with van der Waals surface area (Å²) in [4.78, 5) is 11.1. The van der Waals surface area contributed by atoms with E-state index in [1.807, 2.05) is 63.5 Å². The molecule has 0 saturated heterocycles. The Morgan fingerprint density at radius 2 is 1.65 bits per heavy atom. The molecule has 0 saturated carbocycles. The first-order chi connectivity index (χ1) is 12.5. The number of rotatable bonds is 6. The maximum Gasteiger partial charge on any atom is 0.229 e. The molecule has 6 heteroatoms. The fraction of sp³-hybridized carbons (Fsp3) is 0.200. The molecule has 2 aromatic carbocycles. The third kappa shape index (κ3) is 4.22. The number of benzene rings is 2. The fourth-order valence-corrected chi connectivity index (χ4v) is 2.55. The quantitative estimate of drug-likeness (QED) is 0.690. The highest BCUT2D eigenvalue weighted by Crippen LogP contribution is 2.26. The molecule has 0 unspecified atom stereocenters. The number of para-hydroxylation sites is 2. The van der Waals surface area contributed by atoms with Crippen LogP contribution in [0.1, 0.15) is 5.69 Å². The van der Waals surface area contributed by atoms with Crippen molar-refractivity contribution in [1.29, 1.82) is 0 Å². The minimum absolute atomic E-state index is 0.516. The van der Waals surface area contributed by atoms with Crippen molar-refractivity contribution in [1.82, 2.24) is 9.97 Å². The molecule has 0 aliphatic heterocycles.